The second kappa shape index (κ2) is 8.44. The first-order valence-corrected chi connectivity index (χ1v) is 9.11. The Morgan fingerprint density at radius 3 is 2.83 bits per heavy atom. The summed E-state index contributed by atoms with van der Waals surface area (Å²) in [6, 6.07) is 15.5. The molecule has 2 heterocycles. The molecule has 4 rings (SSSR count). The molecule has 0 saturated carbocycles. The van der Waals surface area contributed by atoms with Crippen LogP contribution in [-0.2, 0) is 22.7 Å². The van der Waals surface area contributed by atoms with E-state index >= 15 is 0 Å². The number of phenolic OH excluding ortho intramolecular Hbond substituents is 1. The van der Waals surface area contributed by atoms with Gasteiger partial charge in [0.25, 0.3) is 0 Å². The average molecular weight is 403 g/mol. The number of rotatable bonds is 6. The molecule has 0 unspecified atom stereocenters. The quantitative estimate of drug-likeness (QED) is 0.300. The van der Waals surface area contributed by atoms with Gasteiger partial charge in [0, 0.05) is 29.2 Å². The first-order valence-electron chi connectivity index (χ1n) is 9.11. The van der Waals surface area contributed by atoms with Gasteiger partial charge in [0.05, 0.1) is 12.7 Å². The molecule has 0 fully saturated rings. The Morgan fingerprint density at radius 2 is 2.00 bits per heavy atom. The zero-order valence-electron chi connectivity index (χ0n) is 15.8. The van der Waals surface area contributed by atoms with Crippen molar-refractivity contribution in [3.8, 4) is 5.75 Å². The van der Waals surface area contributed by atoms with Crippen LogP contribution in [0.2, 0.25) is 0 Å². The van der Waals surface area contributed by atoms with Gasteiger partial charge in [-0.1, -0.05) is 35.5 Å². The molecule has 0 radical (unpaired) electrons. The van der Waals surface area contributed by atoms with Crippen molar-refractivity contribution in [1.29, 1.82) is 0 Å². The lowest BCUT2D eigenvalue weighted by atomic mass is 10.1. The fourth-order valence-corrected chi connectivity index (χ4v) is 2.93. The van der Waals surface area contributed by atoms with E-state index < -0.39 is 11.6 Å². The fraction of sp³-hybridized carbons (Fsp3) is 0.0909. The van der Waals surface area contributed by atoms with Crippen LogP contribution in [0.25, 0.3) is 17.0 Å². The molecule has 150 valence electrons. The summed E-state index contributed by atoms with van der Waals surface area (Å²) < 4.78 is 11.9. The molecule has 0 saturated heterocycles. The second-order valence-corrected chi connectivity index (χ2v) is 6.54. The Bertz CT molecular complexity index is 1270. The number of ether oxygens (including phenoxy) is 1. The van der Waals surface area contributed by atoms with Crippen LogP contribution in [0.4, 0.5) is 0 Å². The third kappa shape index (κ3) is 4.61. The standard InChI is InChI=1S/C22H17N3O5/c26-18-7-8-19-16(10-22(28)30-20(19)11-18)14-29-21(27)9-6-17-13-25(24-23-17)12-15-4-2-1-3-5-15/h1-11,13,26H,12,14H2/b9-6+. The van der Waals surface area contributed by atoms with Crippen LogP contribution in [0.5, 0.6) is 5.75 Å². The highest BCUT2D eigenvalue weighted by Gasteiger charge is 2.09. The highest BCUT2D eigenvalue weighted by atomic mass is 16.5. The fourth-order valence-electron chi connectivity index (χ4n) is 2.93. The van der Waals surface area contributed by atoms with E-state index in [4.69, 9.17) is 9.15 Å². The molecule has 0 bridgehead atoms. The molecule has 0 aliphatic carbocycles. The maximum atomic E-state index is 12.1. The van der Waals surface area contributed by atoms with Crippen molar-refractivity contribution < 1.29 is 19.1 Å². The van der Waals surface area contributed by atoms with Gasteiger partial charge in [-0.15, -0.1) is 5.10 Å². The summed E-state index contributed by atoms with van der Waals surface area (Å²) in [7, 11) is 0. The molecule has 4 aromatic rings. The van der Waals surface area contributed by atoms with E-state index in [-0.39, 0.29) is 17.9 Å². The minimum Gasteiger partial charge on any atom is -0.508 e. The molecule has 0 aliphatic heterocycles. The molecule has 0 spiro atoms. The van der Waals surface area contributed by atoms with E-state index in [0.29, 0.717) is 23.2 Å². The van der Waals surface area contributed by atoms with Gasteiger partial charge in [0.1, 0.15) is 23.6 Å². The summed E-state index contributed by atoms with van der Waals surface area (Å²) in [5.74, 6) is -0.615. The predicted molar refractivity (Wildman–Crippen MR) is 109 cm³/mol. The summed E-state index contributed by atoms with van der Waals surface area (Å²) >= 11 is 0. The van der Waals surface area contributed by atoms with Crippen molar-refractivity contribution in [2.75, 3.05) is 0 Å². The molecule has 0 aliphatic rings. The molecular weight excluding hydrogens is 386 g/mol. The Morgan fingerprint density at radius 1 is 1.17 bits per heavy atom. The van der Waals surface area contributed by atoms with Gasteiger partial charge in [-0.3, -0.25) is 0 Å². The lowest BCUT2D eigenvalue weighted by molar-refractivity contribution is -0.138. The largest absolute Gasteiger partial charge is 0.508 e. The first-order chi connectivity index (χ1) is 14.6. The maximum Gasteiger partial charge on any atom is 0.336 e. The van der Waals surface area contributed by atoms with Gasteiger partial charge >= 0.3 is 11.6 Å². The zero-order valence-corrected chi connectivity index (χ0v) is 15.8. The Labute approximate surface area is 170 Å². The van der Waals surface area contributed by atoms with E-state index in [1.807, 2.05) is 30.3 Å². The van der Waals surface area contributed by atoms with E-state index in [0.717, 1.165) is 5.56 Å². The number of nitrogens with zero attached hydrogens (tertiary/aromatic N) is 3. The summed E-state index contributed by atoms with van der Waals surface area (Å²) in [5.41, 5.74) is 1.72. The van der Waals surface area contributed by atoms with Crippen LogP contribution >= 0.6 is 0 Å². The zero-order chi connectivity index (χ0) is 20.9. The lowest BCUT2D eigenvalue weighted by Crippen LogP contribution is -2.05. The third-order valence-corrected chi connectivity index (χ3v) is 4.32. The maximum absolute atomic E-state index is 12.1. The number of aromatic hydroxyl groups is 1. The molecule has 2 aromatic carbocycles. The van der Waals surface area contributed by atoms with Crippen LogP contribution in [0.3, 0.4) is 0 Å². The summed E-state index contributed by atoms with van der Waals surface area (Å²) in [5, 5.41) is 18.1. The minimum atomic E-state index is -0.593. The number of benzene rings is 2. The molecule has 2 aromatic heterocycles. The molecular formula is C22H17N3O5. The number of fused-ring (bicyclic) bond motifs is 1. The van der Waals surface area contributed by atoms with Crippen LogP contribution in [0.15, 0.2) is 76.1 Å². The molecule has 30 heavy (non-hydrogen) atoms. The normalized spacial score (nSPS) is 11.2. The average Bonchev–Trinajstić information content (AvgIpc) is 3.18. The highest BCUT2D eigenvalue weighted by Crippen LogP contribution is 2.22. The van der Waals surface area contributed by atoms with Crippen LogP contribution in [0.1, 0.15) is 16.8 Å². The predicted octanol–water partition coefficient (Wildman–Crippen LogP) is 2.90. The van der Waals surface area contributed by atoms with Crippen molar-refractivity contribution >= 4 is 23.0 Å². The van der Waals surface area contributed by atoms with Crippen molar-refractivity contribution in [3.05, 3.63) is 94.1 Å². The molecule has 8 heteroatoms. The number of phenols is 1. The summed E-state index contributed by atoms with van der Waals surface area (Å²) in [6.45, 7) is 0.460. The number of carbonyl (C=O) groups excluding carboxylic acids is 1. The molecule has 8 nitrogen and oxygen atoms in total. The van der Waals surface area contributed by atoms with Gasteiger partial charge in [0.15, 0.2) is 0 Å². The Hall–Kier alpha value is -4.20. The SMILES string of the molecule is O=C(/C=C/c1cn(Cc2ccccc2)nn1)OCc1cc(=O)oc2cc(O)ccc12. The second-order valence-electron chi connectivity index (χ2n) is 6.54. The van der Waals surface area contributed by atoms with Crippen molar-refractivity contribution in [3.63, 3.8) is 0 Å². The van der Waals surface area contributed by atoms with Crippen LogP contribution in [-0.4, -0.2) is 26.1 Å². The van der Waals surface area contributed by atoms with Crippen LogP contribution < -0.4 is 5.63 Å². The summed E-state index contributed by atoms with van der Waals surface area (Å²) in [4.78, 5) is 23.7. The Kier molecular flexibility index (Phi) is 5.38. The molecule has 0 amide bonds. The van der Waals surface area contributed by atoms with Crippen molar-refractivity contribution in [2.24, 2.45) is 0 Å². The minimum absolute atomic E-state index is 0.0250. The van der Waals surface area contributed by atoms with Gasteiger partial charge in [0.2, 0.25) is 0 Å². The third-order valence-electron chi connectivity index (χ3n) is 4.32. The van der Waals surface area contributed by atoms with E-state index in [9.17, 15) is 14.7 Å². The van der Waals surface area contributed by atoms with E-state index in [1.165, 1.54) is 30.4 Å². The summed E-state index contributed by atoms with van der Waals surface area (Å²) in [6.07, 6.45) is 4.47. The number of hydrogen-bond donors (Lipinski definition) is 1. The van der Waals surface area contributed by atoms with E-state index in [2.05, 4.69) is 10.3 Å². The van der Waals surface area contributed by atoms with Gasteiger partial charge < -0.3 is 14.3 Å². The number of esters is 1. The van der Waals surface area contributed by atoms with Crippen molar-refractivity contribution in [1.82, 2.24) is 15.0 Å². The van der Waals surface area contributed by atoms with Crippen molar-refractivity contribution in [2.45, 2.75) is 13.2 Å². The molecule has 1 N–H and O–H groups in total. The Balaban J connectivity index is 1.39. The smallest absolute Gasteiger partial charge is 0.336 e. The van der Waals surface area contributed by atoms with Crippen LogP contribution in [0, 0.1) is 0 Å². The topological polar surface area (TPSA) is 107 Å². The van der Waals surface area contributed by atoms with Gasteiger partial charge in [-0.2, -0.15) is 0 Å². The first kappa shape index (κ1) is 19.1. The number of hydrogen-bond acceptors (Lipinski definition) is 7. The highest BCUT2D eigenvalue weighted by molar-refractivity contribution is 5.87. The van der Waals surface area contributed by atoms with Gasteiger partial charge in [-0.05, 0) is 23.8 Å². The monoisotopic (exact) mass is 403 g/mol. The van der Waals surface area contributed by atoms with Gasteiger partial charge in [-0.25, -0.2) is 14.3 Å². The molecule has 0 atom stereocenters. The van der Waals surface area contributed by atoms with E-state index in [1.54, 1.807) is 16.9 Å². The number of aromatic nitrogens is 3. The lowest BCUT2D eigenvalue weighted by Gasteiger charge is -2.05. The number of carbonyl (C=O) groups is 1.